The van der Waals surface area contributed by atoms with Crippen LogP contribution in [0.5, 0.6) is 0 Å². The van der Waals surface area contributed by atoms with Gasteiger partial charge in [-0.25, -0.2) is 4.79 Å². The molecule has 1 aromatic rings. The van der Waals surface area contributed by atoms with Crippen LogP contribution in [0.1, 0.15) is 49.0 Å². The van der Waals surface area contributed by atoms with Crippen LogP contribution in [0.25, 0.3) is 6.08 Å². The summed E-state index contributed by atoms with van der Waals surface area (Å²) in [5.74, 6) is -1.16. The zero-order valence-corrected chi connectivity index (χ0v) is 11.8. The third-order valence-corrected chi connectivity index (χ3v) is 2.82. The Bertz CT molecular complexity index is 474. The summed E-state index contributed by atoms with van der Waals surface area (Å²) in [5.41, 5.74) is 1.26. The van der Waals surface area contributed by atoms with Crippen LogP contribution in [0, 0.1) is 0 Å². The fourth-order valence-corrected chi connectivity index (χ4v) is 1.82. The van der Waals surface area contributed by atoms with Crippen molar-refractivity contribution in [3.05, 3.63) is 41.5 Å². The van der Waals surface area contributed by atoms with E-state index in [1.165, 1.54) is 6.92 Å². The lowest BCUT2D eigenvalue weighted by Gasteiger charge is -2.10. The molecule has 0 aromatic heterocycles. The summed E-state index contributed by atoms with van der Waals surface area (Å²) in [6.07, 6.45) is 6.63. The average Bonchev–Trinajstić information content (AvgIpc) is 2.38. The summed E-state index contributed by atoms with van der Waals surface area (Å²) >= 11 is 0. The monoisotopic (exact) mass is 276 g/mol. The van der Waals surface area contributed by atoms with Gasteiger partial charge >= 0.3 is 11.9 Å². The Balaban J connectivity index is 2.31. The van der Waals surface area contributed by atoms with Crippen LogP contribution in [-0.2, 0) is 9.53 Å². The molecule has 0 heterocycles. The summed E-state index contributed by atoms with van der Waals surface area (Å²) in [6.45, 7) is 3.30. The highest BCUT2D eigenvalue weighted by molar-refractivity contribution is 5.87. The minimum Gasteiger partial charge on any atom is -0.478 e. The predicted octanol–water partition coefficient (Wildman–Crippen LogP) is 3.52. The summed E-state index contributed by atoms with van der Waals surface area (Å²) in [7, 11) is 0. The van der Waals surface area contributed by atoms with Gasteiger partial charge in [-0.05, 0) is 43.9 Å². The maximum absolute atomic E-state index is 10.7. The van der Waals surface area contributed by atoms with Gasteiger partial charge in [0, 0.05) is 6.92 Å². The van der Waals surface area contributed by atoms with Crippen LogP contribution in [0.4, 0.5) is 0 Å². The lowest BCUT2D eigenvalue weighted by molar-refractivity contribution is -0.145. The number of carboxylic acids is 1. The Hall–Kier alpha value is -2.10. The Labute approximate surface area is 119 Å². The standard InChI is InChI=1S/C16H20O4/c1-12(20-13(2)17)6-4-3-5-7-14-8-10-15(11-9-14)16(18)19/h5,7-12H,3-4,6H2,1-2H3,(H,18,19)/b7-5+. The summed E-state index contributed by atoms with van der Waals surface area (Å²) in [4.78, 5) is 21.4. The molecule has 0 bridgehead atoms. The fraction of sp³-hybridized carbons (Fsp3) is 0.375. The first-order valence-electron chi connectivity index (χ1n) is 6.66. The van der Waals surface area contributed by atoms with Crippen molar-refractivity contribution in [2.75, 3.05) is 0 Å². The Morgan fingerprint density at radius 1 is 1.30 bits per heavy atom. The van der Waals surface area contributed by atoms with Gasteiger partial charge in [0.15, 0.2) is 0 Å². The van der Waals surface area contributed by atoms with Gasteiger partial charge in [-0.1, -0.05) is 24.3 Å². The first kappa shape index (κ1) is 16.0. The molecule has 4 heteroatoms. The number of rotatable bonds is 7. The Morgan fingerprint density at radius 3 is 2.50 bits per heavy atom. The zero-order chi connectivity index (χ0) is 15.0. The van der Waals surface area contributed by atoms with Gasteiger partial charge in [0.25, 0.3) is 0 Å². The van der Waals surface area contributed by atoms with Crippen LogP contribution in [-0.4, -0.2) is 23.1 Å². The summed E-state index contributed by atoms with van der Waals surface area (Å²) in [5, 5.41) is 8.78. The molecule has 1 N–H and O–H groups in total. The number of esters is 1. The second-order valence-electron chi connectivity index (χ2n) is 4.68. The molecule has 0 aliphatic heterocycles. The molecule has 0 spiro atoms. The van der Waals surface area contributed by atoms with E-state index >= 15 is 0 Å². The highest BCUT2D eigenvalue weighted by atomic mass is 16.5. The quantitative estimate of drug-likeness (QED) is 0.611. The number of unbranched alkanes of at least 4 members (excludes halogenated alkanes) is 1. The number of benzene rings is 1. The van der Waals surface area contributed by atoms with E-state index in [4.69, 9.17) is 9.84 Å². The highest BCUT2D eigenvalue weighted by Crippen LogP contribution is 2.09. The largest absolute Gasteiger partial charge is 0.478 e. The van der Waals surface area contributed by atoms with Crippen LogP contribution in [0.2, 0.25) is 0 Å². The molecular weight excluding hydrogens is 256 g/mol. The second kappa shape index (κ2) is 8.15. The van der Waals surface area contributed by atoms with Crippen LogP contribution >= 0.6 is 0 Å². The number of carbonyl (C=O) groups excluding carboxylic acids is 1. The van der Waals surface area contributed by atoms with E-state index in [0.29, 0.717) is 0 Å². The van der Waals surface area contributed by atoms with Gasteiger partial charge < -0.3 is 9.84 Å². The van der Waals surface area contributed by atoms with Crippen LogP contribution < -0.4 is 0 Å². The maximum Gasteiger partial charge on any atom is 0.335 e. The first-order chi connectivity index (χ1) is 9.49. The molecule has 0 aliphatic rings. The molecule has 0 amide bonds. The lowest BCUT2D eigenvalue weighted by Crippen LogP contribution is -2.11. The lowest BCUT2D eigenvalue weighted by atomic mass is 10.1. The molecule has 0 saturated heterocycles. The maximum atomic E-state index is 10.7. The van der Waals surface area contributed by atoms with Gasteiger partial charge in [-0.15, -0.1) is 0 Å². The third-order valence-electron chi connectivity index (χ3n) is 2.82. The molecule has 108 valence electrons. The number of ether oxygens (including phenoxy) is 1. The Morgan fingerprint density at radius 2 is 1.95 bits per heavy atom. The van der Waals surface area contributed by atoms with Crippen molar-refractivity contribution in [3.63, 3.8) is 0 Å². The fourth-order valence-electron chi connectivity index (χ4n) is 1.82. The number of hydrogen-bond donors (Lipinski definition) is 1. The smallest absolute Gasteiger partial charge is 0.335 e. The molecule has 1 unspecified atom stereocenters. The predicted molar refractivity (Wildman–Crippen MR) is 77.5 cm³/mol. The summed E-state index contributed by atoms with van der Waals surface area (Å²) in [6, 6.07) is 6.73. The zero-order valence-electron chi connectivity index (χ0n) is 11.8. The number of hydrogen-bond acceptors (Lipinski definition) is 3. The number of carbonyl (C=O) groups is 2. The number of aromatic carboxylic acids is 1. The van der Waals surface area contributed by atoms with E-state index < -0.39 is 5.97 Å². The molecule has 0 radical (unpaired) electrons. The second-order valence-corrected chi connectivity index (χ2v) is 4.68. The van der Waals surface area contributed by atoms with Gasteiger partial charge in [0.05, 0.1) is 11.7 Å². The first-order valence-corrected chi connectivity index (χ1v) is 6.66. The van der Waals surface area contributed by atoms with Gasteiger partial charge in [-0.3, -0.25) is 4.79 Å². The molecule has 0 aliphatic carbocycles. The van der Waals surface area contributed by atoms with Crippen molar-refractivity contribution in [2.24, 2.45) is 0 Å². The van der Waals surface area contributed by atoms with E-state index in [1.54, 1.807) is 24.3 Å². The van der Waals surface area contributed by atoms with E-state index in [-0.39, 0.29) is 17.6 Å². The topological polar surface area (TPSA) is 63.6 Å². The minimum atomic E-state index is -0.917. The summed E-state index contributed by atoms with van der Waals surface area (Å²) < 4.78 is 5.03. The van der Waals surface area contributed by atoms with Crippen molar-refractivity contribution < 1.29 is 19.4 Å². The molecule has 20 heavy (non-hydrogen) atoms. The molecular formula is C16H20O4. The number of allylic oxidation sites excluding steroid dienone is 1. The van der Waals surface area contributed by atoms with Crippen LogP contribution in [0.15, 0.2) is 30.3 Å². The SMILES string of the molecule is CC(=O)OC(C)CCC/C=C/c1ccc(C(=O)O)cc1. The molecule has 1 aromatic carbocycles. The average molecular weight is 276 g/mol. The third kappa shape index (κ3) is 6.18. The molecule has 1 atom stereocenters. The normalized spacial score (nSPS) is 12.3. The van der Waals surface area contributed by atoms with Crippen molar-refractivity contribution in [3.8, 4) is 0 Å². The molecule has 0 fully saturated rings. The van der Waals surface area contributed by atoms with Crippen molar-refractivity contribution >= 4 is 18.0 Å². The van der Waals surface area contributed by atoms with E-state index in [1.807, 2.05) is 19.1 Å². The van der Waals surface area contributed by atoms with E-state index in [9.17, 15) is 9.59 Å². The van der Waals surface area contributed by atoms with Gasteiger partial charge in [0.1, 0.15) is 0 Å². The minimum absolute atomic E-state index is 0.0456. The van der Waals surface area contributed by atoms with Crippen molar-refractivity contribution in [1.29, 1.82) is 0 Å². The highest BCUT2D eigenvalue weighted by Gasteiger charge is 2.03. The Kier molecular flexibility index (Phi) is 6.50. The van der Waals surface area contributed by atoms with E-state index in [2.05, 4.69) is 0 Å². The number of carboxylic acid groups (broad SMARTS) is 1. The van der Waals surface area contributed by atoms with Gasteiger partial charge in [0.2, 0.25) is 0 Å². The molecule has 4 nitrogen and oxygen atoms in total. The molecule has 1 rings (SSSR count). The van der Waals surface area contributed by atoms with Crippen molar-refractivity contribution in [2.45, 2.75) is 39.2 Å². The molecule has 0 saturated carbocycles. The van der Waals surface area contributed by atoms with Crippen molar-refractivity contribution in [1.82, 2.24) is 0 Å². The van der Waals surface area contributed by atoms with E-state index in [0.717, 1.165) is 24.8 Å². The van der Waals surface area contributed by atoms with Crippen LogP contribution in [0.3, 0.4) is 0 Å². The van der Waals surface area contributed by atoms with Gasteiger partial charge in [-0.2, -0.15) is 0 Å².